The second-order valence-corrected chi connectivity index (χ2v) is 5.35. The highest BCUT2D eigenvalue weighted by Crippen LogP contribution is 2.18. The zero-order valence-corrected chi connectivity index (χ0v) is 13.3. The smallest absolute Gasteiger partial charge is 0.321 e. The molecular formula is C14H16IN3O2. The van der Waals surface area contributed by atoms with Crippen LogP contribution in [-0.2, 0) is 11.3 Å². The molecule has 1 heterocycles. The molecule has 0 unspecified atom stereocenters. The van der Waals surface area contributed by atoms with Gasteiger partial charge in [-0.25, -0.2) is 9.97 Å². The molecule has 0 saturated carbocycles. The first-order valence-electron chi connectivity index (χ1n) is 6.22. The average molecular weight is 385 g/mol. The molecule has 6 heteroatoms. The molecule has 1 N–H and O–H groups in total. The molecule has 0 aliphatic carbocycles. The molecule has 0 aliphatic heterocycles. The summed E-state index contributed by atoms with van der Waals surface area (Å²) in [7, 11) is 1.68. The van der Waals surface area contributed by atoms with E-state index in [1.54, 1.807) is 19.5 Å². The summed E-state index contributed by atoms with van der Waals surface area (Å²) in [5.74, 6) is 0.733. The number of aromatic nitrogens is 2. The highest BCUT2D eigenvalue weighted by Gasteiger charge is 2.01. The predicted octanol–water partition coefficient (Wildman–Crippen LogP) is 2.61. The van der Waals surface area contributed by atoms with Crippen molar-refractivity contribution >= 4 is 22.6 Å². The van der Waals surface area contributed by atoms with E-state index in [1.165, 1.54) is 0 Å². The largest absolute Gasteiger partial charge is 0.424 e. The fourth-order valence-corrected chi connectivity index (χ4v) is 1.86. The van der Waals surface area contributed by atoms with Gasteiger partial charge in [0.05, 0.1) is 6.61 Å². The first-order valence-corrected chi connectivity index (χ1v) is 7.30. The SMILES string of the molecule is COCCNCc1cnc(Oc2ccc(I)cc2)nc1. The summed E-state index contributed by atoms with van der Waals surface area (Å²) in [5.41, 5.74) is 1.01. The molecule has 0 radical (unpaired) electrons. The zero-order valence-electron chi connectivity index (χ0n) is 11.2. The lowest BCUT2D eigenvalue weighted by molar-refractivity contribution is 0.199. The van der Waals surface area contributed by atoms with E-state index in [0.717, 1.165) is 21.4 Å². The topological polar surface area (TPSA) is 56.3 Å². The van der Waals surface area contributed by atoms with Gasteiger partial charge in [0.15, 0.2) is 0 Å². The maximum Gasteiger partial charge on any atom is 0.321 e. The maximum atomic E-state index is 5.57. The lowest BCUT2D eigenvalue weighted by Crippen LogP contribution is -2.18. The predicted molar refractivity (Wildman–Crippen MR) is 84.8 cm³/mol. The number of hydrogen-bond donors (Lipinski definition) is 1. The van der Waals surface area contributed by atoms with E-state index in [4.69, 9.17) is 9.47 Å². The molecule has 2 aromatic rings. The quantitative estimate of drug-likeness (QED) is 0.587. The fourth-order valence-electron chi connectivity index (χ4n) is 1.50. The van der Waals surface area contributed by atoms with Crippen LogP contribution in [-0.4, -0.2) is 30.2 Å². The Labute approximate surface area is 131 Å². The van der Waals surface area contributed by atoms with Crippen LogP contribution in [0.15, 0.2) is 36.7 Å². The number of hydrogen-bond acceptors (Lipinski definition) is 5. The molecule has 1 aromatic heterocycles. The van der Waals surface area contributed by atoms with Gasteiger partial charge in [-0.15, -0.1) is 0 Å². The number of benzene rings is 1. The Hall–Kier alpha value is -1.25. The van der Waals surface area contributed by atoms with Crippen LogP contribution in [0, 0.1) is 3.57 Å². The van der Waals surface area contributed by atoms with E-state index in [1.807, 2.05) is 24.3 Å². The Morgan fingerprint density at radius 2 is 1.85 bits per heavy atom. The Kier molecular flexibility index (Phi) is 6.16. The Morgan fingerprint density at radius 3 is 2.50 bits per heavy atom. The molecule has 0 saturated heterocycles. The van der Waals surface area contributed by atoms with Crippen LogP contribution in [0.1, 0.15) is 5.56 Å². The molecule has 0 spiro atoms. The third-order valence-electron chi connectivity index (χ3n) is 2.52. The van der Waals surface area contributed by atoms with Crippen LogP contribution in [0.25, 0.3) is 0 Å². The average Bonchev–Trinajstić information content (AvgIpc) is 2.48. The Bertz CT molecular complexity index is 517. The van der Waals surface area contributed by atoms with Gasteiger partial charge in [0.1, 0.15) is 5.75 Å². The van der Waals surface area contributed by atoms with Crippen molar-refractivity contribution in [1.82, 2.24) is 15.3 Å². The first kappa shape index (κ1) is 15.1. The van der Waals surface area contributed by atoms with E-state index in [-0.39, 0.29) is 0 Å². The molecule has 0 bridgehead atoms. The number of ether oxygens (including phenoxy) is 2. The summed E-state index contributed by atoms with van der Waals surface area (Å²) in [6, 6.07) is 8.09. The molecule has 0 aliphatic rings. The van der Waals surface area contributed by atoms with Crippen LogP contribution < -0.4 is 10.1 Å². The summed E-state index contributed by atoms with van der Waals surface area (Å²) < 4.78 is 11.7. The van der Waals surface area contributed by atoms with Crippen molar-refractivity contribution in [3.63, 3.8) is 0 Å². The van der Waals surface area contributed by atoms with Gasteiger partial charge < -0.3 is 14.8 Å². The van der Waals surface area contributed by atoms with Crippen molar-refractivity contribution in [2.45, 2.75) is 6.54 Å². The van der Waals surface area contributed by atoms with Gasteiger partial charge in [-0.3, -0.25) is 0 Å². The van der Waals surface area contributed by atoms with Crippen molar-refractivity contribution in [2.24, 2.45) is 0 Å². The van der Waals surface area contributed by atoms with E-state index in [0.29, 0.717) is 19.2 Å². The monoisotopic (exact) mass is 385 g/mol. The maximum absolute atomic E-state index is 5.57. The number of nitrogens with one attached hydrogen (secondary N) is 1. The Balaban J connectivity index is 1.86. The van der Waals surface area contributed by atoms with E-state index in [2.05, 4.69) is 37.9 Å². The number of methoxy groups -OCH3 is 1. The van der Waals surface area contributed by atoms with Crippen LogP contribution >= 0.6 is 22.6 Å². The van der Waals surface area contributed by atoms with Crippen molar-refractivity contribution in [3.05, 3.63) is 45.8 Å². The number of halogens is 1. The standard InChI is InChI=1S/C14H16IN3O2/c1-19-7-6-16-8-11-9-17-14(18-10-11)20-13-4-2-12(15)3-5-13/h2-5,9-10,16H,6-8H2,1H3. The van der Waals surface area contributed by atoms with Crippen LogP contribution in [0.3, 0.4) is 0 Å². The summed E-state index contributed by atoms with van der Waals surface area (Å²) in [6.07, 6.45) is 3.52. The minimum absolute atomic E-state index is 0.354. The van der Waals surface area contributed by atoms with Crippen molar-refractivity contribution in [2.75, 3.05) is 20.3 Å². The third-order valence-corrected chi connectivity index (χ3v) is 3.24. The van der Waals surface area contributed by atoms with Crippen LogP contribution in [0.2, 0.25) is 0 Å². The normalized spacial score (nSPS) is 10.5. The Morgan fingerprint density at radius 1 is 1.15 bits per heavy atom. The molecule has 20 heavy (non-hydrogen) atoms. The molecule has 5 nitrogen and oxygen atoms in total. The van der Waals surface area contributed by atoms with Crippen molar-refractivity contribution in [3.8, 4) is 11.8 Å². The molecule has 106 valence electrons. The first-order chi connectivity index (χ1) is 9.78. The van der Waals surface area contributed by atoms with E-state index < -0.39 is 0 Å². The highest BCUT2D eigenvalue weighted by molar-refractivity contribution is 14.1. The summed E-state index contributed by atoms with van der Waals surface area (Å²) in [6.45, 7) is 2.21. The van der Waals surface area contributed by atoms with Gasteiger partial charge in [-0.2, -0.15) is 0 Å². The molecule has 1 aromatic carbocycles. The van der Waals surface area contributed by atoms with Gasteiger partial charge in [0.2, 0.25) is 0 Å². The second kappa shape index (κ2) is 8.13. The summed E-state index contributed by atoms with van der Waals surface area (Å²) >= 11 is 2.25. The molecule has 2 rings (SSSR count). The van der Waals surface area contributed by atoms with Gasteiger partial charge in [0.25, 0.3) is 0 Å². The lowest BCUT2D eigenvalue weighted by atomic mass is 10.3. The van der Waals surface area contributed by atoms with Crippen molar-refractivity contribution < 1.29 is 9.47 Å². The molecule has 0 fully saturated rings. The van der Waals surface area contributed by atoms with Gasteiger partial charge in [0, 0.05) is 41.7 Å². The molecule has 0 amide bonds. The summed E-state index contributed by atoms with van der Waals surface area (Å²) in [4.78, 5) is 8.38. The number of rotatable bonds is 7. The number of nitrogens with zero attached hydrogens (tertiary/aromatic N) is 2. The minimum Gasteiger partial charge on any atom is -0.424 e. The van der Waals surface area contributed by atoms with Gasteiger partial charge >= 0.3 is 6.01 Å². The van der Waals surface area contributed by atoms with E-state index >= 15 is 0 Å². The van der Waals surface area contributed by atoms with Crippen molar-refractivity contribution in [1.29, 1.82) is 0 Å². The van der Waals surface area contributed by atoms with Gasteiger partial charge in [-0.05, 0) is 46.9 Å². The lowest BCUT2D eigenvalue weighted by Gasteiger charge is -2.06. The molecule has 0 atom stereocenters. The second-order valence-electron chi connectivity index (χ2n) is 4.10. The van der Waals surface area contributed by atoms with Crippen LogP contribution in [0.4, 0.5) is 0 Å². The summed E-state index contributed by atoms with van der Waals surface area (Å²) in [5, 5.41) is 3.23. The van der Waals surface area contributed by atoms with E-state index in [9.17, 15) is 0 Å². The van der Waals surface area contributed by atoms with Crippen LogP contribution in [0.5, 0.6) is 11.8 Å². The third kappa shape index (κ3) is 5.03. The highest BCUT2D eigenvalue weighted by atomic mass is 127. The fraction of sp³-hybridized carbons (Fsp3) is 0.286. The minimum atomic E-state index is 0.354. The zero-order chi connectivity index (χ0) is 14.2. The molecular weight excluding hydrogens is 369 g/mol. The van der Waals surface area contributed by atoms with Gasteiger partial charge in [-0.1, -0.05) is 0 Å².